The summed E-state index contributed by atoms with van der Waals surface area (Å²) >= 11 is 0. The smallest absolute Gasteiger partial charge is 0.283 e. The van der Waals surface area contributed by atoms with E-state index in [9.17, 15) is 4.79 Å². The van der Waals surface area contributed by atoms with Gasteiger partial charge < -0.3 is 0 Å². The van der Waals surface area contributed by atoms with E-state index in [4.69, 9.17) is 0 Å². The van der Waals surface area contributed by atoms with Crippen LogP contribution in [-0.4, -0.2) is 15.6 Å². The molecule has 4 heteroatoms. The number of aromatic nitrogens is 2. The summed E-state index contributed by atoms with van der Waals surface area (Å²) in [5, 5.41) is 0. The molecule has 4 nitrogen and oxygen atoms in total. The van der Waals surface area contributed by atoms with Crippen LogP contribution in [0.2, 0.25) is 0 Å². The van der Waals surface area contributed by atoms with Crippen molar-refractivity contribution in [2.24, 2.45) is 12.0 Å². The predicted molar refractivity (Wildman–Crippen MR) is 104 cm³/mol. The van der Waals surface area contributed by atoms with E-state index < -0.39 is 0 Å². The minimum absolute atomic E-state index is 0.116. The van der Waals surface area contributed by atoms with Crippen molar-refractivity contribution in [3.8, 4) is 5.69 Å². The minimum atomic E-state index is -0.116. The summed E-state index contributed by atoms with van der Waals surface area (Å²) in [5.41, 5.74) is 4.11. The van der Waals surface area contributed by atoms with Crippen molar-refractivity contribution in [2.75, 3.05) is 0 Å². The van der Waals surface area contributed by atoms with Crippen LogP contribution in [0.25, 0.3) is 11.8 Å². The molecule has 25 heavy (non-hydrogen) atoms. The van der Waals surface area contributed by atoms with Crippen molar-refractivity contribution in [3.63, 3.8) is 0 Å². The summed E-state index contributed by atoms with van der Waals surface area (Å²) in [6, 6.07) is 19.6. The first-order valence-corrected chi connectivity index (χ1v) is 8.19. The molecule has 2 aromatic carbocycles. The number of nitrogens with zero attached hydrogens (tertiary/aromatic N) is 3. The van der Waals surface area contributed by atoms with Gasteiger partial charge in [-0.1, -0.05) is 54.6 Å². The average molecular weight is 331 g/mol. The van der Waals surface area contributed by atoms with Crippen molar-refractivity contribution >= 4 is 18.0 Å². The molecule has 126 valence electrons. The van der Waals surface area contributed by atoms with Crippen LogP contribution in [0.4, 0.5) is 5.69 Å². The second-order valence-electron chi connectivity index (χ2n) is 5.97. The molecule has 0 saturated carbocycles. The maximum Gasteiger partial charge on any atom is 0.297 e. The summed E-state index contributed by atoms with van der Waals surface area (Å²) in [4.78, 5) is 17.3. The van der Waals surface area contributed by atoms with Gasteiger partial charge in [-0.25, -0.2) is 9.67 Å². The Hall–Kier alpha value is -3.14. The number of hydrogen-bond donors (Lipinski definition) is 0. The van der Waals surface area contributed by atoms with Gasteiger partial charge in [0.15, 0.2) is 5.69 Å². The third kappa shape index (κ3) is 3.53. The molecule has 1 aromatic heterocycles. The number of para-hydroxylation sites is 1. The Kier molecular flexibility index (Phi) is 4.80. The third-order valence-corrected chi connectivity index (χ3v) is 4.12. The summed E-state index contributed by atoms with van der Waals surface area (Å²) in [7, 11) is 1.87. The van der Waals surface area contributed by atoms with Gasteiger partial charge in [0.2, 0.25) is 0 Å². The molecule has 0 fully saturated rings. The highest BCUT2D eigenvalue weighted by Crippen LogP contribution is 2.16. The molecular formula is C21H21N3O. The Morgan fingerprint density at radius 3 is 2.24 bits per heavy atom. The first-order chi connectivity index (χ1) is 12.1. The van der Waals surface area contributed by atoms with Gasteiger partial charge in [0.05, 0.1) is 11.4 Å². The maximum absolute atomic E-state index is 12.8. The van der Waals surface area contributed by atoms with E-state index in [1.165, 1.54) is 0 Å². The maximum atomic E-state index is 12.8. The topological polar surface area (TPSA) is 39.3 Å². The minimum Gasteiger partial charge on any atom is -0.283 e. The lowest BCUT2D eigenvalue weighted by Gasteiger charge is -2.07. The number of benzene rings is 2. The summed E-state index contributed by atoms with van der Waals surface area (Å²) < 4.78 is 3.47. The van der Waals surface area contributed by atoms with Gasteiger partial charge in [0.25, 0.3) is 5.56 Å². The molecule has 0 amide bonds. The van der Waals surface area contributed by atoms with Crippen molar-refractivity contribution in [1.29, 1.82) is 0 Å². The highest BCUT2D eigenvalue weighted by atomic mass is 16.1. The average Bonchev–Trinajstić information content (AvgIpc) is 2.84. The van der Waals surface area contributed by atoms with E-state index in [1.54, 1.807) is 10.9 Å². The lowest BCUT2D eigenvalue weighted by atomic mass is 10.1. The van der Waals surface area contributed by atoms with Gasteiger partial charge in [-0.05, 0) is 37.1 Å². The van der Waals surface area contributed by atoms with Crippen LogP contribution in [0.3, 0.4) is 0 Å². The zero-order valence-corrected chi connectivity index (χ0v) is 14.7. The van der Waals surface area contributed by atoms with Crippen LogP contribution in [0.15, 0.2) is 76.0 Å². The molecular weight excluding hydrogens is 310 g/mol. The van der Waals surface area contributed by atoms with Crippen LogP contribution in [0.1, 0.15) is 18.2 Å². The molecule has 0 radical (unpaired) electrons. The van der Waals surface area contributed by atoms with Gasteiger partial charge >= 0.3 is 0 Å². The number of allylic oxidation sites excluding steroid dienone is 1. The lowest BCUT2D eigenvalue weighted by Crippen LogP contribution is -2.19. The molecule has 0 unspecified atom stereocenters. The molecule has 0 aliphatic heterocycles. The fourth-order valence-corrected chi connectivity index (χ4v) is 2.72. The van der Waals surface area contributed by atoms with Crippen LogP contribution in [0.5, 0.6) is 0 Å². The summed E-state index contributed by atoms with van der Waals surface area (Å²) in [6.45, 7) is 3.88. The molecule has 1 heterocycles. The zero-order chi connectivity index (χ0) is 17.8. The largest absolute Gasteiger partial charge is 0.297 e. The fraction of sp³-hybridized carbons (Fsp3) is 0.143. The fourth-order valence-electron chi connectivity index (χ4n) is 2.72. The number of aliphatic imine (C=N–C) groups is 1. The van der Waals surface area contributed by atoms with Crippen molar-refractivity contribution in [2.45, 2.75) is 13.8 Å². The molecule has 0 N–H and O–H groups in total. The lowest BCUT2D eigenvalue weighted by molar-refractivity contribution is 0.630. The quantitative estimate of drug-likeness (QED) is 0.657. The van der Waals surface area contributed by atoms with Crippen molar-refractivity contribution in [1.82, 2.24) is 9.36 Å². The molecule has 3 rings (SSSR count). The summed E-state index contributed by atoms with van der Waals surface area (Å²) in [5.74, 6) is 0. The Labute approximate surface area is 147 Å². The molecule has 3 aromatic rings. The SMILES string of the molecule is C/C(C=Nc1c(C)n(C)n(-c2ccccc2)c1=O)=C/c1ccccc1. The highest BCUT2D eigenvalue weighted by Gasteiger charge is 2.14. The highest BCUT2D eigenvalue weighted by molar-refractivity contribution is 5.86. The van der Waals surface area contributed by atoms with Crippen molar-refractivity contribution in [3.05, 3.63) is 87.8 Å². The van der Waals surface area contributed by atoms with Gasteiger partial charge in [0, 0.05) is 13.3 Å². The monoisotopic (exact) mass is 331 g/mol. The second-order valence-corrected chi connectivity index (χ2v) is 5.97. The van der Waals surface area contributed by atoms with E-state index in [2.05, 4.69) is 4.99 Å². The molecule has 0 bridgehead atoms. The summed E-state index contributed by atoms with van der Waals surface area (Å²) in [6.07, 6.45) is 3.78. The van der Waals surface area contributed by atoms with E-state index >= 15 is 0 Å². The van der Waals surface area contributed by atoms with Gasteiger partial charge in [-0.15, -0.1) is 0 Å². The van der Waals surface area contributed by atoms with Gasteiger partial charge in [-0.2, -0.15) is 0 Å². The van der Waals surface area contributed by atoms with E-state index in [0.717, 1.165) is 22.5 Å². The van der Waals surface area contributed by atoms with Crippen molar-refractivity contribution < 1.29 is 0 Å². The Bertz CT molecular complexity index is 977. The molecule has 0 atom stereocenters. The van der Waals surface area contributed by atoms with Gasteiger partial charge in [0.1, 0.15) is 0 Å². The second kappa shape index (κ2) is 7.18. The van der Waals surface area contributed by atoms with E-state index in [0.29, 0.717) is 5.69 Å². The van der Waals surface area contributed by atoms with E-state index in [-0.39, 0.29) is 5.56 Å². The molecule has 0 saturated heterocycles. The normalized spacial score (nSPS) is 12.0. The molecule has 0 aliphatic carbocycles. The number of rotatable bonds is 4. The van der Waals surface area contributed by atoms with Crippen LogP contribution in [-0.2, 0) is 7.05 Å². The van der Waals surface area contributed by atoms with Crippen LogP contribution < -0.4 is 5.56 Å². The zero-order valence-electron chi connectivity index (χ0n) is 14.7. The van der Waals surface area contributed by atoms with Crippen LogP contribution >= 0.6 is 0 Å². The Balaban J connectivity index is 1.96. The molecule has 0 aliphatic rings. The van der Waals surface area contributed by atoms with E-state index in [1.807, 2.05) is 92.3 Å². The Morgan fingerprint density at radius 1 is 1.00 bits per heavy atom. The predicted octanol–water partition coefficient (Wildman–Crippen LogP) is 4.29. The third-order valence-electron chi connectivity index (χ3n) is 4.12. The number of hydrogen-bond acceptors (Lipinski definition) is 2. The Morgan fingerprint density at radius 2 is 1.60 bits per heavy atom. The first kappa shape index (κ1) is 16.7. The van der Waals surface area contributed by atoms with Crippen LogP contribution in [0, 0.1) is 6.92 Å². The molecule has 0 spiro atoms. The first-order valence-electron chi connectivity index (χ1n) is 8.19. The van der Waals surface area contributed by atoms with Gasteiger partial charge in [-0.3, -0.25) is 9.48 Å². The standard InChI is InChI=1S/C21H21N3O/c1-16(14-18-10-6-4-7-11-18)15-22-20-17(2)23(3)24(21(20)25)19-12-8-5-9-13-19/h4-15H,1-3H3/b16-14-,22-15?.